The molecule has 0 aromatic heterocycles. The van der Waals surface area contributed by atoms with Crippen LogP contribution in [0.5, 0.6) is 5.75 Å². The van der Waals surface area contributed by atoms with Crippen LogP contribution in [0, 0.1) is 20.8 Å². The summed E-state index contributed by atoms with van der Waals surface area (Å²) in [6.45, 7) is 9.63. The van der Waals surface area contributed by atoms with Gasteiger partial charge in [0.15, 0.2) is 0 Å². The number of rotatable bonds is 3. The van der Waals surface area contributed by atoms with Gasteiger partial charge >= 0.3 is 0 Å². The number of nitrogens with zero attached hydrogens (tertiary/aromatic N) is 2. The first kappa shape index (κ1) is 17.3. The molecule has 1 aliphatic rings. The molecule has 0 radical (unpaired) electrons. The topological polar surface area (TPSA) is 32.8 Å². The maximum absolute atomic E-state index is 12.8. The number of carbonyl (C=O) groups excluding carboxylic acids is 1. The Balaban J connectivity index is 1.73. The van der Waals surface area contributed by atoms with Gasteiger partial charge in [-0.15, -0.1) is 0 Å². The summed E-state index contributed by atoms with van der Waals surface area (Å²) in [5.41, 5.74) is 5.86. The zero-order valence-corrected chi connectivity index (χ0v) is 15.5. The molecule has 1 saturated heterocycles. The highest BCUT2D eigenvalue weighted by Crippen LogP contribution is 2.28. The predicted octanol–water partition coefficient (Wildman–Crippen LogP) is 3.58. The molecular weight excluding hydrogens is 312 g/mol. The molecule has 0 aliphatic carbocycles. The fraction of sp³-hybridized carbons (Fsp3) is 0.381. The zero-order valence-electron chi connectivity index (χ0n) is 15.5. The largest absolute Gasteiger partial charge is 0.496 e. The summed E-state index contributed by atoms with van der Waals surface area (Å²) in [4.78, 5) is 17.2. The molecule has 1 heterocycles. The second-order valence-corrected chi connectivity index (χ2v) is 6.73. The number of hydrogen-bond donors (Lipinski definition) is 0. The molecule has 132 valence electrons. The van der Waals surface area contributed by atoms with Crippen molar-refractivity contribution in [2.75, 3.05) is 38.2 Å². The Labute approximate surface area is 150 Å². The first-order valence-corrected chi connectivity index (χ1v) is 8.76. The summed E-state index contributed by atoms with van der Waals surface area (Å²) in [6.07, 6.45) is 0. The number of carbonyl (C=O) groups is 1. The molecule has 1 amide bonds. The highest BCUT2D eigenvalue weighted by Gasteiger charge is 2.25. The van der Waals surface area contributed by atoms with Crippen molar-refractivity contribution in [3.63, 3.8) is 0 Å². The van der Waals surface area contributed by atoms with Crippen molar-refractivity contribution >= 4 is 11.6 Å². The maximum atomic E-state index is 12.8. The van der Waals surface area contributed by atoms with Crippen molar-refractivity contribution in [2.24, 2.45) is 0 Å². The fourth-order valence-corrected chi connectivity index (χ4v) is 3.80. The SMILES string of the molecule is COc1ccccc1C(=O)N1CCN(c2c(C)cc(C)cc2C)CC1. The minimum atomic E-state index is 0.0504. The molecule has 0 unspecified atom stereocenters. The molecule has 0 bridgehead atoms. The fourth-order valence-electron chi connectivity index (χ4n) is 3.80. The number of piperazine rings is 1. The zero-order chi connectivity index (χ0) is 18.0. The lowest BCUT2D eigenvalue weighted by Crippen LogP contribution is -2.49. The number of ether oxygens (including phenoxy) is 1. The number of hydrogen-bond acceptors (Lipinski definition) is 3. The minimum absolute atomic E-state index is 0.0504. The molecule has 1 aliphatic heterocycles. The predicted molar refractivity (Wildman–Crippen MR) is 102 cm³/mol. The Morgan fingerprint density at radius 1 is 0.960 bits per heavy atom. The lowest BCUT2D eigenvalue weighted by Gasteiger charge is -2.37. The highest BCUT2D eigenvalue weighted by atomic mass is 16.5. The van der Waals surface area contributed by atoms with Crippen LogP contribution in [0.1, 0.15) is 27.0 Å². The Bertz CT molecular complexity index is 754. The number of methoxy groups -OCH3 is 1. The average Bonchev–Trinajstić information content (AvgIpc) is 2.61. The second-order valence-electron chi connectivity index (χ2n) is 6.73. The number of para-hydroxylation sites is 1. The quantitative estimate of drug-likeness (QED) is 0.857. The standard InChI is InChI=1S/C21H26N2O2/c1-15-13-16(2)20(17(3)14-15)22-9-11-23(12-10-22)21(24)18-7-5-6-8-19(18)25-4/h5-8,13-14H,9-12H2,1-4H3. The molecule has 0 spiro atoms. The van der Waals surface area contributed by atoms with Crippen molar-refractivity contribution < 1.29 is 9.53 Å². The maximum Gasteiger partial charge on any atom is 0.257 e. The van der Waals surface area contributed by atoms with Crippen LogP contribution in [0.3, 0.4) is 0 Å². The number of anilines is 1. The number of benzene rings is 2. The second kappa shape index (κ2) is 7.18. The van der Waals surface area contributed by atoms with Crippen LogP contribution in [0.25, 0.3) is 0 Å². The number of aryl methyl sites for hydroxylation is 3. The summed E-state index contributed by atoms with van der Waals surface area (Å²) in [6, 6.07) is 11.9. The van der Waals surface area contributed by atoms with Gasteiger partial charge in [-0.3, -0.25) is 4.79 Å². The molecular formula is C21H26N2O2. The van der Waals surface area contributed by atoms with Crippen LogP contribution in [-0.2, 0) is 0 Å². The Morgan fingerprint density at radius 2 is 1.56 bits per heavy atom. The summed E-state index contributed by atoms with van der Waals surface area (Å²) < 4.78 is 5.33. The van der Waals surface area contributed by atoms with E-state index < -0.39 is 0 Å². The molecule has 3 rings (SSSR count). The van der Waals surface area contributed by atoms with Gasteiger partial charge in [-0.25, -0.2) is 0 Å². The summed E-state index contributed by atoms with van der Waals surface area (Å²) in [7, 11) is 1.60. The molecule has 1 fully saturated rings. The monoisotopic (exact) mass is 338 g/mol. The van der Waals surface area contributed by atoms with Crippen molar-refractivity contribution in [3.05, 3.63) is 58.7 Å². The van der Waals surface area contributed by atoms with Crippen molar-refractivity contribution in [1.29, 1.82) is 0 Å². The van der Waals surface area contributed by atoms with Crippen molar-refractivity contribution in [1.82, 2.24) is 4.90 Å². The van der Waals surface area contributed by atoms with E-state index in [-0.39, 0.29) is 5.91 Å². The molecule has 4 heteroatoms. The third kappa shape index (κ3) is 3.48. The van der Waals surface area contributed by atoms with E-state index in [0.29, 0.717) is 11.3 Å². The smallest absolute Gasteiger partial charge is 0.257 e. The van der Waals surface area contributed by atoms with E-state index in [1.165, 1.54) is 22.4 Å². The van der Waals surface area contributed by atoms with Crippen LogP contribution < -0.4 is 9.64 Å². The Hall–Kier alpha value is -2.49. The van der Waals surface area contributed by atoms with E-state index in [0.717, 1.165) is 26.2 Å². The van der Waals surface area contributed by atoms with Crippen molar-refractivity contribution in [3.8, 4) is 5.75 Å². The van der Waals surface area contributed by atoms with Crippen LogP contribution >= 0.6 is 0 Å². The summed E-state index contributed by atoms with van der Waals surface area (Å²) in [5, 5.41) is 0. The van der Waals surface area contributed by atoms with Gasteiger partial charge < -0.3 is 14.5 Å². The van der Waals surface area contributed by atoms with Crippen LogP contribution in [0.2, 0.25) is 0 Å². The molecule has 0 atom stereocenters. The average molecular weight is 338 g/mol. The van der Waals surface area contributed by atoms with Crippen LogP contribution in [0.4, 0.5) is 5.69 Å². The number of amides is 1. The Morgan fingerprint density at radius 3 is 2.16 bits per heavy atom. The van der Waals surface area contributed by atoms with Gasteiger partial charge in [-0.1, -0.05) is 29.8 Å². The van der Waals surface area contributed by atoms with Crippen molar-refractivity contribution in [2.45, 2.75) is 20.8 Å². The van der Waals surface area contributed by atoms with Crippen LogP contribution in [-0.4, -0.2) is 44.1 Å². The minimum Gasteiger partial charge on any atom is -0.496 e. The lowest BCUT2D eigenvalue weighted by atomic mass is 10.0. The first-order chi connectivity index (χ1) is 12.0. The van der Waals surface area contributed by atoms with Gasteiger partial charge in [0.1, 0.15) is 5.75 Å². The van der Waals surface area contributed by atoms with E-state index in [1.54, 1.807) is 7.11 Å². The Kier molecular flexibility index (Phi) is 4.98. The van der Waals surface area contributed by atoms with E-state index in [2.05, 4.69) is 37.8 Å². The first-order valence-electron chi connectivity index (χ1n) is 8.76. The normalized spacial score (nSPS) is 14.6. The van der Waals surface area contributed by atoms with Gasteiger partial charge in [0, 0.05) is 31.9 Å². The molecule has 0 saturated carbocycles. The van der Waals surface area contributed by atoms with Gasteiger partial charge in [0.2, 0.25) is 0 Å². The summed E-state index contributed by atoms with van der Waals surface area (Å²) >= 11 is 0. The molecule has 2 aromatic rings. The molecule has 0 N–H and O–H groups in total. The summed E-state index contributed by atoms with van der Waals surface area (Å²) in [5.74, 6) is 0.689. The van der Waals surface area contributed by atoms with Gasteiger partial charge in [-0.2, -0.15) is 0 Å². The lowest BCUT2D eigenvalue weighted by molar-refractivity contribution is 0.0743. The van der Waals surface area contributed by atoms with E-state index >= 15 is 0 Å². The van der Waals surface area contributed by atoms with E-state index in [1.807, 2.05) is 29.2 Å². The van der Waals surface area contributed by atoms with Gasteiger partial charge in [0.05, 0.1) is 12.7 Å². The molecule has 25 heavy (non-hydrogen) atoms. The third-order valence-electron chi connectivity index (χ3n) is 4.86. The van der Waals surface area contributed by atoms with Gasteiger partial charge in [-0.05, 0) is 44.0 Å². The van der Waals surface area contributed by atoms with E-state index in [9.17, 15) is 4.79 Å². The van der Waals surface area contributed by atoms with E-state index in [4.69, 9.17) is 4.74 Å². The highest BCUT2D eigenvalue weighted by molar-refractivity contribution is 5.97. The molecule has 2 aromatic carbocycles. The third-order valence-corrected chi connectivity index (χ3v) is 4.86. The van der Waals surface area contributed by atoms with Crippen LogP contribution in [0.15, 0.2) is 36.4 Å². The molecule has 4 nitrogen and oxygen atoms in total. The van der Waals surface area contributed by atoms with Gasteiger partial charge in [0.25, 0.3) is 5.91 Å².